The van der Waals surface area contributed by atoms with Gasteiger partial charge >= 0.3 is 0 Å². The molecule has 0 aliphatic carbocycles. The van der Waals surface area contributed by atoms with Crippen LogP contribution in [0.25, 0.3) is 0 Å². The molecule has 0 spiro atoms. The summed E-state index contributed by atoms with van der Waals surface area (Å²) < 4.78 is 0.711. The first-order valence-electron chi connectivity index (χ1n) is 8.49. The van der Waals surface area contributed by atoms with Gasteiger partial charge in [0.25, 0.3) is 0 Å². The van der Waals surface area contributed by atoms with Crippen LogP contribution in [-0.4, -0.2) is 18.9 Å². The van der Waals surface area contributed by atoms with Crippen LogP contribution in [0, 0.1) is 5.92 Å². The van der Waals surface area contributed by atoms with E-state index in [-0.39, 0.29) is 12.2 Å². The SMILES string of the molecule is O=C(Cc1ccc(CCCC2CNC2)cc1Cl)c1ccc(Cl)cc1Br. The highest BCUT2D eigenvalue weighted by Gasteiger charge is 2.16. The normalized spacial score (nSPS) is 14.4. The molecule has 3 rings (SSSR count). The molecule has 0 atom stereocenters. The van der Waals surface area contributed by atoms with Crippen LogP contribution in [0.5, 0.6) is 0 Å². The smallest absolute Gasteiger partial charge is 0.168 e. The number of aryl methyl sites for hydroxylation is 1. The second-order valence-corrected chi connectivity index (χ2v) is 8.26. The molecule has 2 nitrogen and oxygen atoms in total. The van der Waals surface area contributed by atoms with Gasteiger partial charge in [0.1, 0.15) is 0 Å². The summed E-state index contributed by atoms with van der Waals surface area (Å²) in [6, 6.07) is 11.3. The predicted octanol–water partition coefficient (Wildman–Crippen LogP) is 5.72. The maximum absolute atomic E-state index is 12.5. The minimum atomic E-state index is 0.0238. The van der Waals surface area contributed by atoms with E-state index in [2.05, 4.69) is 27.3 Å². The van der Waals surface area contributed by atoms with E-state index in [1.54, 1.807) is 18.2 Å². The van der Waals surface area contributed by atoms with E-state index in [1.165, 1.54) is 18.4 Å². The summed E-state index contributed by atoms with van der Waals surface area (Å²) in [5, 5.41) is 4.57. The third-order valence-corrected chi connectivity index (χ3v) is 5.89. The molecule has 1 N–H and O–H groups in total. The van der Waals surface area contributed by atoms with E-state index in [0.29, 0.717) is 20.1 Å². The molecule has 0 radical (unpaired) electrons. The highest BCUT2D eigenvalue weighted by atomic mass is 79.9. The lowest BCUT2D eigenvalue weighted by atomic mass is 9.94. The maximum atomic E-state index is 12.5. The molecule has 0 bridgehead atoms. The number of ketones is 1. The number of hydrogen-bond acceptors (Lipinski definition) is 2. The van der Waals surface area contributed by atoms with Crippen molar-refractivity contribution in [2.45, 2.75) is 25.7 Å². The molecular formula is C20H20BrCl2NO. The Morgan fingerprint density at radius 2 is 1.96 bits per heavy atom. The lowest BCUT2D eigenvalue weighted by Gasteiger charge is -2.26. The average Bonchev–Trinajstić information content (AvgIpc) is 2.52. The molecule has 0 unspecified atom stereocenters. The van der Waals surface area contributed by atoms with Gasteiger partial charge in [-0.3, -0.25) is 4.79 Å². The van der Waals surface area contributed by atoms with Gasteiger partial charge in [0.15, 0.2) is 5.78 Å². The Kier molecular flexibility index (Phi) is 6.56. The molecule has 0 amide bonds. The lowest BCUT2D eigenvalue weighted by molar-refractivity contribution is 0.0992. The van der Waals surface area contributed by atoms with E-state index in [1.807, 2.05) is 12.1 Å². The van der Waals surface area contributed by atoms with Gasteiger partial charge in [-0.15, -0.1) is 0 Å². The molecule has 132 valence electrons. The molecule has 0 aromatic heterocycles. The van der Waals surface area contributed by atoms with E-state index in [4.69, 9.17) is 23.2 Å². The van der Waals surface area contributed by atoms with Gasteiger partial charge in [-0.25, -0.2) is 0 Å². The third-order valence-electron chi connectivity index (χ3n) is 4.64. The van der Waals surface area contributed by atoms with Crippen molar-refractivity contribution in [2.24, 2.45) is 5.92 Å². The van der Waals surface area contributed by atoms with Crippen LogP contribution in [0.15, 0.2) is 40.9 Å². The zero-order valence-electron chi connectivity index (χ0n) is 13.8. The van der Waals surface area contributed by atoms with E-state index < -0.39 is 0 Å². The summed E-state index contributed by atoms with van der Waals surface area (Å²) in [7, 11) is 0. The van der Waals surface area contributed by atoms with E-state index >= 15 is 0 Å². The van der Waals surface area contributed by atoms with Crippen LogP contribution in [0.4, 0.5) is 0 Å². The van der Waals surface area contributed by atoms with Crippen LogP contribution in [0.1, 0.15) is 34.3 Å². The van der Waals surface area contributed by atoms with E-state index in [0.717, 1.165) is 31.0 Å². The number of benzene rings is 2. The highest BCUT2D eigenvalue weighted by molar-refractivity contribution is 9.10. The van der Waals surface area contributed by atoms with Gasteiger partial charge < -0.3 is 5.32 Å². The first-order valence-corrected chi connectivity index (χ1v) is 10.0. The molecule has 1 heterocycles. The quantitative estimate of drug-likeness (QED) is 0.557. The summed E-state index contributed by atoms with van der Waals surface area (Å²) in [4.78, 5) is 12.5. The molecule has 0 saturated carbocycles. The number of hydrogen-bond donors (Lipinski definition) is 1. The van der Waals surface area contributed by atoms with Crippen molar-refractivity contribution >= 4 is 44.9 Å². The largest absolute Gasteiger partial charge is 0.316 e. The Morgan fingerprint density at radius 1 is 1.16 bits per heavy atom. The standard InChI is InChI=1S/C20H20BrCl2NO/c21-18-10-16(22)6-7-17(18)20(25)9-15-5-4-13(8-19(15)23)2-1-3-14-11-24-12-14/h4-8,10,14,24H,1-3,9,11-12H2. The van der Waals surface area contributed by atoms with Crippen molar-refractivity contribution in [1.82, 2.24) is 5.32 Å². The second kappa shape index (κ2) is 8.68. The number of nitrogens with one attached hydrogen (secondary N) is 1. The number of Topliss-reactive ketones (excluding diaryl/α,β-unsaturated/α-hetero) is 1. The molecular weight excluding hydrogens is 421 g/mol. The zero-order chi connectivity index (χ0) is 17.8. The van der Waals surface area contributed by atoms with Gasteiger partial charge in [0.2, 0.25) is 0 Å². The van der Waals surface area contributed by atoms with Crippen LogP contribution in [0.2, 0.25) is 10.0 Å². The molecule has 1 fully saturated rings. The van der Waals surface area contributed by atoms with E-state index in [9.17, 15) is 4.79 Å². The summed E-state index contributed by atoms with van der Waals surface area (Å²) in [5.74, 6) is 0.862. The second-order valence-electron chi connectivity index (χ2n) is 6.57. The Morgan fingerprint density at radius 3 is 2.60 bits per heavy atom. The highest BCUT2D eigenvalue weighted by Crippen LogP contribution is 2.25. The minimum absolute atomic E-state index is 0.0238. The summed E-state index contributed by atoms with van der Waals surface area (Å²) in [6.07, 6.45) is 3.76. The minimum Gasteiger partial charge on any atom is -0.316 e. The Bertz CT molecular complexity index is 774. The molecule has 25 heavy (non-hydrogen) atoms. The van der Waals surface area contributed by atoms with Crippen molar-refractivity contribution in [2.75, 3.05) is 13.1 Å². The monoisotopic (exact) mass is 439 g/mol. The molecule has 5 heteroatoms. The van der Waals surface area contributed by atoms with Gasteiger partial charge in [0, 0.05) is 26.5 Å². The summed E-state index contributed by atoms with van der Waals surface area (Å²) in [5.41, 5.74) is 2.72. The number of carbonyl (C=O) groups is 1. The molecule has 2 aromatic carbocycles. The van der Waals surface area contributed by atoms with Crippen molar-refractivity contribution in [3.63, 3.8) is 0 Å². The lowest BCUT2D eigenvalue weighted by Crippen LogP contribution is -2.41. The number of halogens is 3. The fourth-order valence-corrected chi connectivity index (χ4v) is 4.19. The molecule has 2 aromatic rings. The third kappa shape index (κ3) is 5.07. The molecule has 1 aliphatic rings. The fourth-order valence-electron chi connectivity index (χ4n) is 3.02. The fraction of sp³-hybridized carbons (Fsp3) is 0.350. The average molecular weight is 441 g/mol. The molecule has 1 aliphatic heterocycles. The first-order chi connectivity index (χ1) is 12.0. The van der Waals surface area contributed by atoms with Gasteiger partial charge in [-0.1, -0.05) is 35.3 Å². The van der Waals surface area contributed by atoms with Crippen molar-refractivity contribution in [3.05, 3.63) is 67.6 Å². The Labute approximate surface area is 167 Å². The van der Waals surface area contributed by atoms with Crippen LogP contribution in [0.3, 0.4) is 0 Å². The number of carbonyl (C=O) groups excluding carboxylic acids is 1. The van der Waals surface area contributed by atoms with Gasteiger partial charge in [-0.05, 0) is 89.6 Å². The Balaban J connectivity index is 1.61. The molecule has 1 saturated heterocycles. The van der Waals surface area contributed by atoms with Crippen LogP contribution in [-0.2, 0) is 12.8 Å². The van der Waals surface area contributed by atoms with Gasteiger partial charge in [-0.2, -0.15) is 0 Å². The topological polar surface area (TPSA) is 29.1 Å². The van der Waals surface area contributed by atoms with Crippen molar-refractivity contribution in [3.8, 4) is 0 Å². The van der Waals surface area contributed by atoms with Crippen molar-refractivity contribution in [1.29, 1.82) is 0 Å². The summed E-state index contributed by atoms with van der Waals surface area (Å²) in [6.45, 7) is 2.31. The van der Waals surface area contributed by atoms with Crippen LogP contribution >= 0.6 is 39.1 Å². The Hall–Kier alpha value is -0.870. The van der Waals surface area contributed by atoms with Crippen molar-refractivity contribution < 1.29 is 4.79 Å². The maximum Gasteiger partial charge on any atom is 0.168 e. The first kappa shape index (κ1) is 18.9. The zero-order valence-corrected chi connectivity index (χ0v) is 16.9. The number of rotatable bonds is 7. The van der Waals surface area contributed by atoms with Gasteiger partial charge in [0.05, 0.1) is 0 Å². The summed E-state index contributed by atoms with van der Waals surface area (Å²) >= 11 is 15.7. The van der Waals surface area contributed by atoms with Crippen LogP contribution < -0.4 is 5.32 Å². The predicted molar refractivity (Wildman–Crippen MR) is 108 cm³/mol.